The van der Waals surface area contributed by atoms with Crippen LogP contribution in [0.2, 0.25) is 0 Å². The molecule has 0 radical (unpaired) electrons. The van der Waals surface area contributed by atoms with Crippen LogP contribution in [0.15, 0.2) is 100 Å². The van der Waals surface area contributed by atoms with Crippen LogP contribution in [0.4, 0.5) is 0 Å². The van der Waals surface area contributed by atoms with E-state index < -0.39 is 0 Å². The lowest BCUT2D eigenvalue weighted by Gasteiger charge is -1.96. The molecule has 0 nitrogen and oxygen atoms in total. The van der Waals surface area contributed by atoms with Crippen molar-refractivity contribution in [2.24, 2.45) is 0 Å². The van der Waals surface area contributed by atoms with Crippen LogP contribution in [-0.4, -0.2) is 0 Å². The van der Waals surface area contributed by atoms with Crippen LogP contribution in [0.25, 0.3) is 121 Å². The zero-order valence-corrected chi connectivity index (χ0v) is 61.1. The molecule has 418 valence electrons. The van der Waals surface area contributed by atoms with E-state index in [9.17, 15) is 0 Å². The van der Waals surface area contributed by atoms with Gasteiger partial charge in [0.1, 0.15) is 0 Å². The van der Waals surface area contributed by atoms with Crippen LogP contribution in [0.1, 0.15) is 97.0 Å². The standard InChI is InChI=1S/C21H24S3.C21H12S3.C12H3Br3S3.C12H6S3.C3H4/c2*1-4-7-13-10-16-19(22-13)17-11-14(8-5-2)24-21(17)18-12-15(9-6-3)23-20(16)18;13-7-1-4-10(16-7)5-2-9(15)18-12(5)6-3-8(14)17-11(4)6;1-4-13-10-7(1)11-9(2-5-14-11)12-8(10)3-6-15-12;1-3-2/h10-12H,4-9H2,1-3H3;10-12H,1-3H3;1-3H;1-6H;1H,2H3. The Kier molecular flexibility index (Phi) is 19.0. The van der Waals surface area contributed by atoms with E-state index in [1.54, 1.807) is 55.6 Å². The van der Waals surface area contributed by atoms with E-state index in [-0.39, 0.29) is 0 Å². The summed E-state index contributed by atoms with van der Waals surface area (Å²) in [6.07, 6.45) is 11.9. The molecular formula is C69H49Br3S12. The highest BCUT2D eigenvalue weighted by Crippen LogP contribution is 2.51. The van der Waals surface area contributed by atoms with Gasteiger partial charge in [-0.3, -0.25) is 0 Å². The Morgan fingerprint density at radius 1 is 0.321 bits per heavy atom. The largest absolute Gasteiger partial charge is 0.143 e. The third-order valence-corrected chi connectivity index (χ3v) is 28.6. The molecule has 84 heavy (non-hydrogen) atoms. The van der Waals surface area contributed by atoms with Gasteiger partial charge in [-0.15, -0.1) is 166 Å². The van der Waals surface area contributed by atoms with Crippen LogP contribution < -0.4 is 0 Å². The molecule has 12 aromatic heterocycles. The summed E-state index contributed by atoms with van der Waals surface area (Å²) in [5.41, 5.74) is 0. The summed E-state index contributed by atoms with van der Waals surface area (Å²) in [5, 5.41) is 23.4. The van der Waals surface area contributed by atoms with Crippen LogP contribution in [0.5, 0.6) is 0 Å². The average Bonchev–Trinajstić information content (AvgIpc) is 1.84. The molecule has 0 amide bonds. The molecule has 0 saturated carbocycles. The van der Waals surface area contributed by atoms with Gasteiger partial charge in [0.25, 0.3) is 0 Å². The normalized spacial score (nSPS) is 11.2. The molecule has 4 aromatic carbocycles. The first-order valence-corrected chi connectivity index (χ1v) is 39.5. The van der Waals surface area contributed by atoms with Crippen molar-refractivity contribution in [2.75, 3.05) is 0 Å². The molecule has 12 heterocycles. The average molecular weight is 1500 g/mol. The van der Waals surface area contributed by atoms with Crippen LogP contribution >= 0.6 is 184 Å². The van der Waals surface area contributed by atoms with Crippen molar-refractivity contribution in [1.82, 2.24) is 0 Å². The Bertz CT molecular complexity index is 4490. The highest BCUT2D eigenvalue weighted by atomic mass is 79.9. The highest BCUT2D eigenvalue weighted by Gasteiger charge is 2.20. The van der Waals surface area contributed by atoms with Crippen molar-refractivity contribution in [1.29, 1.82) is 0 Å². The fraction of sp³-hybridized carbons (Fsp3) is 0.188. The Hall–Kier alpha value is -3.92. The first-order chi connectivity index (χ1) is 41.0. The summed E-state index contributed by atoms with van der Waals surface area (Å²) in [4.78, 5) is 8.01. The molecule has 0 N–H and O–H groups in total. The summed E-state index contributed by atoms with van der Waals surface area (Å²) in [5.74, 6) is 20.9. The van der Waals surface area contributed by atoms with Gasteiger partial charge in [0.05, 0.1) is 26.0 Å². The number of fused-ring (bicyclic) bond motifs is 24. The highest BCUT2D eigenvalue weighted by molar-refractivity contribution is 9.11. The number of halogens is 3. The molecular weight excluding hydrogens is 1450 g/mol. The topological polar surface area (TPSA) is 0 Å². The van der Waals surface area contributed by atoms with Gasteiger partial charge in [0, 0.05) is 136 Å². The van der Waals surface area contributed by atoms with E-state index in [2.05, 4.69) is 205 Å². The number of rotatable bonds is 6. The van der Waals surface area contributed by atoms with Crippen molar-refractivity contribution < 1.29 is 0 Å². The molecule has 0 fully saturated rings. The lowest BCUT2D eigenvalue weighted by Crippen LogP contribution is -1.72. The summed E-state index contributed by atoms with van der Waals surface area (Å²) >= 11 is 33.3. The van der Waals surface area contributed by atoms with Gasteiger partial charge in [-0.25, -0.2) is 0 Å². The van der Waals surface area contributed by atoms with E-state index in [0.717, 1.165) is 14.6 Å². The first kappa shape index (κ1) is 60.4. The Morgan fingerprint density at radius 3 is 0.821 bits per heavy atom. The second-order valence-electron chi connectivity index (χ2n) is 19.5. The molecule has 0 atom stereocenters. The Labute approximate surface area is 562 Å². The summed E-state index contributed by atoms with van der Waals surface area (Å²) in [6.45, 7) is 14.2. The van der Waals surface area contributed by atoms with Gasteiger partial charge in [-0.1, -0.05) is 57.8 Å². The Balaban J connectivity index is 0.000000110. The van der Waals surface area contributed by atoms with Gasteiger partial charge < -0.3 is 0 Å². The number of terminal acetylenes is 1. The van der Waals surface area contributed by atoms with Gasteiger partial charge in [-0.2, -0.15) is 0 Å². The van der Waals surface area contributed by atoms with Gasteiger partial charge in [0.2, 0.25) is 0 Å². The van der Waals surface area contributed by atoms with Crippen molar-refractivity contribution in [3.05, 3.63) is 130 Å². The van der Waals surface area contributed by atoms with E-state index in [1.807, 2.05) is 123 Å². The van der Waals surface area contributed by atoms with Crippen molar-refractivity contribution in [3.8, 4) is 47.9 Å². The molecule has 0 saturated heterocycles. The van der Waals surface area contributed by atoms with Gasteiger partial charge >= 0.3 is 0 Å². The van der Waals surface area contributed by atoms with Gasteiger partial charge in [-0.05, 0) is 184 Å². The van der Waals surface area contributed by atoms with E-state index in [4.69, 9.17) is 0 Å². The smallest absolute Gasteiger partial charge is 0.0781 e. The predicted octanol–water partition coefficient (Wildman–Crippen LogP) is 28.2. The molecule has 15 heteroatoms. The third-order valence-electron chi connectivity index (χ3n) is 13.8. The number of benzene rings is 4. The minimum atomic E-state index is 1.12. The predicted molar refractivity (Wildman–Crippen MR) is 408 cm³/mol. The number of aryl methyl sites for hydroxylation is 3. The van der Waals surface area contributed by atoms with Crippen molar-refractivity contribution >= 4 is 305 Å². The molecule has 0 aliphatic heterocycles. The second-order valence-corrected chi connectivity index (χ2v) is 36.1. The maximum atomic E-state index is 4.60. The van der Waals surface area contributed by atoms with E-state index in [1.165, 1.54) is 171 Å². The minimum Gasteiger partial charge on any atom is -0.143 e. The lowest BCUT2D eigenvalue weighted by molar-refractivity contribution is 0.940. The van der Waals surface area contributed by atoms with Crippen LogP contribution in [-0.2, 0) is 19.3 Å². The molecule has 0 spiro atoms. The monoisotopic (exact) mass is 1500 g/mol. The quantitative estimate of drug-likeness (QED) is 0.146. The van der Waals surface area contributed by atoms with Gasteiger partial charge in [0.15, 0.2) is 0 Å². The SMILES string of the molecule is Brc1cc2c(s1)c1cc(Br)sc1c1cc(Br)sc21.C#CC.CC#Cc1cc2c(s1)c1cc(C#CC)sc1c1cc(C#CC)sc21.CCCc1cc2c(s1)c1cc(CCC)sc1c1cc(CCC)sc21.c1cc2c(s1)c1ccsc1c1ccsc21. The molecule has 0 bridgehead atoms. The first-order valence-electron chi connectivity index (χ1n) is 27.1. The zero-order chi connectivity index (χ0) is 58.3. The van der Waals surface area contributed by atoms with Crippen molar-refractivity contribution in [2.45, 2.75) is 87.0 Å². The lowest BCUT2D eigenvalue weighted by atomic mass is 10.1. The summed E-state index contributed by atoms with van der Waals surface area (Å²) in [6, 6.07) is 27.5. The molecule has 0 aliphatic rings. The van der Waals surface area contributed by atoms with E-state index >= 15 is 0 Å². The number of hydrogen-bond acceptors (Lipinski definition) is 12. The van der Waals surface area contributed by atoms with Crippen LogP contribution in [0.3, 0.4) is 0 Å². The fourth-order valence-electron chi connectivity index (χ4n) is 10.7. The molecule has 16 rings (SSSR count). The fourth-order valence-corrected chi connectivity index (χ4v) is 26.3. The zero-order valence-electron chi connectivity index (χ0n) is 46.5. The maximum Gasteiger partial charge on any atom is 0.0781 e. The molecule has 0 unspecified atom stereocenters. The molecule has 16 aromatic rings. The van der Waals surface area contributed by atoms with E-state index in [0.29, 0.717) is 0 Å². The third kappa shape index (κ3) is 11.6. The molecule has 0 aliphatic carbocycles. The Morgan fingerprint density at radius 2 is 0.560 bits per heavy atom. The van der Waals surface area contributed by atoms with Crippen LogP contribution in [0, 0.1) is 47.9 Å². The summed E-state index contributed by atoms with van der Waals surface area (Å²) < 4.78 is 20.6. The summed E-state index contributed by atoms with van der Waals surface area (Å²) in [7, 11) is 0. The number of thiophene rings is 12. The van der Waals surface area contributed by atoms with Crippen molar-refractivity contribution in [3.63, 3.8) is 0 Å². The minimum absolute atomic E-state index is 1.12. The number of hydrogen-bond donors (Lipinski definition) is 0. The maximum absolute atomic E-state index is 4.60. The second kappa shape index (κ2) is 26.4.